The highest BCUT2D eigenvalue weighted by molar-refractivity contribution is 5.93. The number of hydrogen-bond acceptors (Lipinski definition) is 5. The minimum atomic E-state index is -5.04. The van der Waals surface area contributed by atoms with Gasteiger partial charge >= 0.3 is 12.3 Å². The van der Waals surface area contributed by atoms with Gasteiger partial charge in [0.1, 0.15) is 5.56 Å². The van der Waals surface area contributed by atoms with E-state index in [1.807, 2.05) is 0 Å². The number of aromatic amines is 1. The lowest BCUT2D eigenvalue weighted by Gasteiger charge is -2.14. The molecule has 0 radical (unpaired) electrons. The maximum Gasteiger partial charge on any atom is 0.573 e. The summed E-state index contributed by atoms with van der Waals surface area (Å²) in [7, 11) is 0.977. The molecule has 0 aliphatic heterocycles. The van der Waals surface area contributed by atoms with Gasteiger partial charge in [0.25, 0.3) is 5.56 Å². The number of carbonyl (C=O) groups excluding carboxylic acids is 1. The molecule has 9 heteroatoms. The fraction of sp³-hybridized carbons (Fsp3) is 0.333. The van der Waals surface area contributed by atoms with Crippen molar-refractivity contribution in [3.63, 3.8) is 0 Å². The minimum absolute atomic E-state index is 0.200. The molecule has 0 fully saturated rings. The molecular weight excluding hydrogens is 257 g/mol. The Morgan fingerprint density at radius 1 is 1.50 bits per heavy atom. The molecule has 0 amide bonds. The van der Waals surface area contributed by atoms with Gasteiger partial charge in [0.05, 0.1) is 7.11 Å². The van der Waals surface area contributed by atoms with Crippen molar-refractivity contribution in [2.24, 2.45) is 5.73 Å². The van der Waals surface area contributed by atoms with Crippen molar-refractivity contribution in [2.75, 3.05) is 7.11 Å². The number of H-pyrrole nitrogens is 1. The summed E-state index contributed by atoms with van der Waals surface area (Å²) in [6, 6.07) is 0.499. The van der Waals surface area contributed by atoms with Gasteiger partial charge in [-0.1, -0.05) is 0 Å². The molecule has 18 heavy (non-hydrogen) atoms. The van der Waals surface area contributed by atoms with Crippen molar-refractivity contribution in [2.45, 2.75) is 12.9 Å². The minimum Gasteiger partial charge on any atom is -0.465 e. The summed E-state index contributed by atoms with van der Waals surface area (Å²) in [6.45, 7) is -0.352. The van der Waals surface area contributed by atoms with Crippen LogP contribution in [0.25, 0.3) is 0 Å². The van der Waals surface area contributed by atoms with E-state index in [4.69, 9.17) is 5.73 Å². The van der Waals surface area contributed by atoms with E-state index in [1.54, 1.807) is 0 Å². The van der Waals surface area contributed by atoms with Crippen molar-refractivity contribution >= 4 is 5.97 Å². The summed E-state index contributed by atoms with van der Waals surface area (Å²) in [5, 5.41) is 0. The van der Waals surface area contributed by atoms with Crippen molar-refractivity contribution in [3.05, 3.63) is 27.7 Å². The van der Waals surface area contributed by atoms with E-state index in [2.05, 4.69) is 14.5 Å². The normalized spacial score (nSPS) is 11.2. The van der Waals surface area contributed by atoms with E-state index in [1.165, 1.54) is 0 Å². The molecule has 1 aromatic heterocycles. The van der Waals surface area contributed by atoms with Crippen LogP contribution >= 0.6 is 0 Å². The summed E-state index contributed by atoms with van der Waals surface area (Å²) < 4.78 is 44.3. The van der Waals surface area contributed by atoms with Crippen LogP contribution < -0.4 is 16.0 Å². The molecule has 1 heterocycles. The Bertz CT molecular complexity index is 510. The first-order chi connectivity index (χ1) is 8.28. The van der Waals surface area contributed by atoms with Crippen LogP contribution in [0.5, 0.6) is 5.75 Å². The molecule has 100 valence electrons. The first-order valence-corrected chi connectivity index (χ1v) is 4.58. The van der Waals surface area contributed by atoms with Gasteiger partial charge in [0, 0.05) is 18.3 Å². The Hall–Kier alpha value is -2.03. The molecule has 0 atom stereocenters. The number of rotatable bonds is 3. The highest BCUT2D eigenvalue weighted by Crippen LogP contribution is 2.26. The van der Waals surface area contributed by atoms with Crippen LogP contribution in [0.2, 0.25) is 0 Å². The smallest absolute Gasteiger partial charge is 0.465 e. The molecular formula is C9H9F3N2O4. The van der Waals surface area contributed by atoms with Gasteiger partial charge in [-0.05, 0) is 0 Å². The maximum atomic E-state index is 12.1. The average molecular weight is 266 g/mol. The Labute approximate surface area is 98.5 Å². The topological polar surface area (TPSA) is 94.4 Å². The Morgan fingerprint density at radius 2 is 2.11 bits per heavy atom. The summed E-state index contributed by atoms with van der Waals surface area (Å²) in [5.74, 6) is -2.04. The monoisotopic (exact) mass is 266 g/mol. The molecule has 0 saturated heterocycles. The van der Waals surface area contributed by atoms with Crippen LogP contribution in [0.15, 0.2) is 10.9 Å². The van der Waals surface area contributed by atoms with Crippen LogP contribution in [0.1, 0.15) is 16.1 Å². The molecule has 0 unspecified atom stereocenters. The lowest BCUT2D eigenvalue weighted by Crippen LogP contribution is -2.24. The fourth-order valence-electron chi connectivity index (χ4n) is 1.27. The molecule has 3 N–H and O–H groups in total. The fourth-order valence-corrected chi connectivity index (χ4v) is 1.27. The summed E-state index contributed by atoms with van der Waals surface area (Å²) >= 11 is 0. The lowest BCUT2D eigenvalue weighted by molar-refractivity contribution is -0.274. The molecule has 0 aliphatic rings. The van der Waals surface area contributed by atoms with Crippen LogP contribution in [0.4, 0.5) is 13.2 Å². The molecule has 0 aromatic carbocycles. The molecule has 0 spiro atoms. The van der Waals surface area contributed by atoms with E-state index in [9.17, 15) is 22.8 Å². The second-order valence-corrected chi connectivity index (χ2v) is 3.09. The van der Waals surface area contributed by atoms with Gasteiger partial charge in [0.15, 0.2) is 5.75 Å². The van der Waals surface area contributed by atoms with Gasteiger partial charge in [-0.3, -0.25) is 4.79 Å². The second-order valence-electron chi connectivity index (χ2n) is 3.09. The first kappa shape index (κ1) is 14.0. The van der Waals surface area contributed by atoms with Crippen LogP contribution in [-0.4, -0.2) is 24.4 Å². The summed E-state index contributed by atoms with van der Waals surface area (Å²) in [4.78, 5) is 24.6. The predicted octanol–water partition coefficient (Wildman–Crippen LogP) is 0.519. The number of nitrogens with two attached hydrogens (primary N) is 1. The lowest BCUT2D eigenvalue weighted by atomic mass is 10.1. The molecule has 6 nitrogen and oxygen atoms in total. The average Bonchev–Trinajstić information content (AvgIpc) is 2.25. The standard InChI is InChI=1S/C9H9F3N2O4/c1-17-8(16)7-4(3-13)14-6(15)2-5(7)18-9(10,11)12/h2H,3,13H2,1H3,(H,14,15). The van der Waals surface area contributed by atoms with Crippen LogP contribution in [0.3, 0.4) is 0 Å². The number of hydrogen-bond donors (Lipinski definition) is 2. The zero-order chi connectivity index (χ0) is 13.9. The number of nitrogens with one attached hydrogen (secondary N) is 1. The van der Waals surface area contributed by atoms with Crippen molar-refractivity contribution in [3.8, 4) is 5.75 Å². The Balaban J connectivity index is 3.42. The van der Waals surface area contributed by atoms with Gasteiger partial charge in [-0.15, -0.1) is 13.2 Å². The third kappa shape index (κ3) is 3.23. The van der Waals surface area contributed by atoms with E-state index in [0.717, 1.165) is 7.11 Å². The molecule has 1 aromatic rings. The third-order valence-corrected chi connectivity index (χ3v) is 1.90. The van der Waals surface area contributed by atoms with E-state index >= 15 is 0 Å². The number of aromatic nitrogens is 1. The Kier molecular flexibility index (Phi) is 3.96. The van der Waals surface area contributed by atoms with Crippen molar-refractivity contribution < 1.29 is 27.4 Å². The van der Waals surface area contributed by atoms with E-state index in [0.29, 0.717) is 6.07 Å². The molecule has 0 bridgehead atoms. The summed E-state index contributed by atoms with van der Waals surface area (Å²) in [6.07, 6.45) is -5.04. The van der Waals surface area contributed by atoms with Crippen molar-refractivity contribution in [1.29, 1.82) is 0 Å². The van der Waals surface area contributed by atoms with Crippen LogP contribution in [0, 0.1) is 0 Å². The molecule has 1 rings (SSSR count). The number of halogens is 3. The van der Waals surface area contributed by atoms with Gasteiger partial charge < -0.3 is 20.2 Å². The predicted molar refractivity (Wildman–Crippen MR) is 53.0 cm³/mol. The first-order valence-electron chi connectivity index (χ1n) is 4.58. The third-order valence-electron chi connectivity index (χ3n) is 1.90. The molecule has 0 saturated carbocycles. The number of methoxy groups -OCH3 is 1. The Morgan fingerprint density at radius 3 is 2.56 bits per heavy atom. The number of esters is 1. The van der Waals surface area contributed by atoms with Crippen LogP contribution in [-0.2, 0) is 11.3 Å². The quantitative estimate of drug-likeness (QED) is 0.778. The van der Waals surface area contributed by atoms with Gasteiger partial charge in [-0.2, -0.15) is 0 Å². The van der Waals surface area contributed by atoms with Gasteiger partial charge in [0.2, 0.25) is 0 Å². The zero-order valence-corrected chi connectivity index (χ0v) is 9.13. The second kappa shape index (κ2) is 5.08. The van der Waals surface area contributed by atoms with E-state index < -0.39 is 29.2 Å². The SMILES string of the molecule is COC(=O)c1c(OC(F)(F)F)cc(=O)[nH]c1CN. The number of pyridine rings is 1. The maximum absolute atomic E-state index is 12.1. The number of ether oxygens (including phenoxy) is 2. The van der Waals surface area contributed by atoms with Crippen molar-refractivity contribution in [1.82, 2.24) is 4.98 Å². The number of carbonyl (C=O) groups is 1. The highest BCUT2D eigenvalue weighted by atomic mass is 19.4. The van der Waals surface area contributed by atoms with Gasteiger partial charge in [-0.25, -0.2) is 4.79 Å². The zero-order valence-electron chi connectivity index (χ0n) is 9.13. The highest BCUT2D eigenvalue weighted by Gasteiger charge is 2.34. The largest absolute Gasteiger partial charge is 0.573 e. The summed E-state index contributed by atoms with van der Waals surface area (Å²) in [5.41, 5.74) is 3.60. The van der Waals surface area contributed by atoms with E-state index in [-0.39, 0.29) is 12.2 Å². The number of alkyl halides is 3. The molecule has 0 aliphatic carbocycles.